The molecule has 0 heterocycles. The van der Waals surface area contributed by atoms with Gasteiger partial charge in [0.1, 0.15) is 6.04 Å². The Morgan fingerprint density at radius 3 is 2.92 bits per heavy atom. The van der Waals surface area contributed by atoms with Crippen molar-refractivity contribution in [3.05, 3.63) is 0 Å². The van der Waals surface area contributed by atoms with E-state index >= 15 is 0 Å². The highest BCUT2D eigenvalue weighted by molar-refractivity contribution is 4.89. The predicted octanol–water partition coefficient (Wildman–Crippen LogP) is 0.915. The van der Waals surface area contributed by atoms with E-state index in [1.165, 1.54) is 12.8 Å². The van der Waals surface area contributed by atoms with Gasteiger partial charge in [-0.3, -0.25) is 0 Å². The second-order valence-corrected chi connectivity index (χ2v) is 3.22. The van der Waals surface area contributed by atoms with Crippen molar-refractivity contribution in [3.8, 4) is 6.07 Å². The van der Waals surface area contributed by atoms with Crippen molar-refractivity contribution in [2.45, 2.75) is 25.8 Å². The van der Waals surface area contributed by atoms with Crippen molar-refractivity contribution in [1.29, 1.82) is 5.26 Å². The molecule has 1 aliphatic rings. The average Bonchev–Trinajstić information content (AvgIpc) is 2.87. The molecule has 1 unspecified atom stereocenters. The number of ether oxygens (including phenoxy) is 1. The van der Waals surface area contributed by atoms with Crippen LogP contribution < -0.4 is 5.32 Å². The maximum Gasteiger partial charge on any atom is 0.119 e. The third-order valence-electron chi connectivity index (χ3n) is 1.94. The van der Waals surface area contributed by atoms with Crippen LogP contribution in [0.15, 0.2) is 0 Å². The molecule has 0 aromatic rings. The summed E-state index contributed by atoms with van der Waals surface area (Å²) in [6.45, 7) is 4.18. The van der Waals surface area contributed by atoms with Crippen LogP contribution in [0.5, 0.6) is 0 Å². The van der Waals surface area contributed by atoms with Gasteiger partial charge in [-0.15, -0.1) is 0 Å². The standard InChI is InChI=1S/C9H16N2O/c1-2-11-9(5-10)7-12-6-8-3-4-8/h8-9,11H,2-4,6-7H2,1H3. The van der Waals surface area contributed by atoms with Crippen LogP contribution in [0.2, 0.25) is 0 Å². The Morgan fingerprint density at radius 2 is 2.42 bits per heavy atom. The zero-order valence-electron chi connectivity index (χ0n) is 7.55. The molecule has 0 spiro atoms. The molecular weight excluding hydrogens is 152 g/mol. The van der Waals surface area contributed by atoms with Gasteiger partial charge < -0.3 is 10.1 Å². The highest BCUT2D eigenvalue weighted by Gasteiger charge is 2.21. The summed E-state index contributed by atoms with van der Waals surface area (Å²) in [5.41, 5.74) is 0. The number of nitriles is 1. The smallest absolute Gasteiger partial charge is 0.119 e. The molecule has 1 aliphatic carbocycles. The van der Waals surface area contributed by atoms with Crippen LogP contribution in [-0.2, 0) is 4.74 Å². The monoisotopic (exact) mass is 168 g/mol. The Morgan fingerprint density at radius 1 is 1.67 bits per heavy atom. The number of likely N-dealkylation sites (N-methyl/N-ethyl adjacent to an activating group) is 1. The highest BCUT2D eigenvalue weighted by atomic mass is 16.5. The van der Waals surface area contributed by atoms with E-state index in [2.05, 4.69) is 11.4 Å². The van der Waals surface area contributed by atoms with E-state index in [9.17, 15) is 0 Å². The number of nitrogens with one attached hydrogen (secondary N) is 1. The first-order chi connectivity index (χ1) is 5.86. The lowest BCUT2D eigenvalue weighted by molar-refractivity contribution is 0.114. The second-order valence-electron chi connectivity index (χ2n) is 3.22. The fourth-order valence-electron chi connectivity index (χ4n) is 1.03. The first-order valence-electron chi connectivity index (χ1n) is 4.57. The summed E-state index contributed by atoms with van der Waals surface area (Å²) < 4.78 is 5.38. The Bertz CT molecular complexity index is 160. The van der Waals surface area contributed by atoms with Gasteiger partial charge in [0.2, 0.25) is 0 Å². The minimum Gasteiger partial charge on any atom is -0.378 e. The van der Waals surface area contributed by atoms with Gasteiger partial charge in [0.15, 0.2) is 0 Å². The van der Waals surface area contributed by atoms with Crippen LogP contribution in [0.3, 0.4) is 0 Å². The Balaban J connectivity index is 1.98. The van der Waals surface area contributed by atoms with Gasteiger partial charge >= 0.3 is 0 Å². The van der Waals surface area contributed by atoms with Crippen LogP contribution in [0.4, 0.5) is 0 Å². The molecule has 0 radical (unpaired) electrons. The molecule has 3 heteroatoms. The summed E-state index contributed by atoms with van der Waals surface area (Å²) in [5.74, 6) is 0.783. The number of hydrogen-bond donors (Lipinski definition) is 1. The largest absolute Gasteiger partial charge is 0.378 e. The molecule has 0 aliphatic heterocycles. The molecule has 0 amide bonds. The molecule has 1 fully saturated rings. The maximum atomic E-state index is 8.65. The van der Waals surface area contributed by atoms with Crippen molar-refractivity contribution >= 4 is 0 Å². The van der Waals surface area contributed by atoms with Gasteiger partial charge in [0, 0.05) is 6.61 Å². The average molecular weight is 168 g/mol. The number of hydrogen-bond acceptors (Lipinski definition) is 3. The van der Waals surface area contributed by atoms with Gasteiger partial charge in [-0.1, -0.05) is 6.92 Å². The topological polar surface area (TPSA) is 45.0 Å². The first kappa shape index (κ1) is 9.50. The quantitative estimate of drug-likeness (QED) is 0.641. The van der Waals surface area contributed by atoms with E-state index < -0.39 is 0 Å². The molecule has 3 nitrogen and oxygen atoms in total. The number of rotatable bonds is 6. The van der Waals surface area contributed by atoms with E-state index in [0.29, 0.717) is 6.61 Å². The third-order valence-corrected chi connectivity index (χ3v) is 1.94. The third kappa shape index (κ3) is 3.70. The number of nitrogens with zero attached hydrogens (tertiary/aromatic N) is 1. The molecule has 1 saturated carbocycles. The van der Waals surface area contributed by atoms with Gasteiger partial charge in [0.05, 0.1) is 12.7 Å². The van der Waals surface area contributed by atoms with Crippen LogP contribution in [0.1, 0.15) is 19.8 Å². The van der Waals surface area contributed by atoms with E-state index in [-0.39, 0.29) is 6.04 Å². The summed E-state index contributed by atoms with van der Waals surface area (Å²) >= 11 is 0. The summed E-state index contributed by atoms with van der Waals surface area (Å²) in [6, 6.07) is 2.03. The van der Waals surface area contributed by atoms with Gasteiger partial charge in [0.25, 0.3) is 0 Å². The van der Waals surface area contributed by atoms with Gasteiger partial charge in [-0.05, 0) is 25.3 Å². The molecule has 68 valence electrons. The van der Waals surface area contributed by atoms with Crippen LogP contribution >= 0.6 is 0 Å². The Kier molecular flexibility index (Phi) is 4.06. The van der Waals surface area contributed by atoms with Crippen molar-refractivity contribution in [1.82, 2.24) is 5.32 Å². The molecule has 1 N–H and O–H groups in total. The zero-order valence-corrected chi connectivity index (χ0v) is 7.55. The van der Waals surface area contributed by atoms with Crippen LogP contribution in [0.25, 0.3) is 0 Å². The lowest BCUT2D eigenvalue weighted by Gasteiger charge is -2.09. The summed E-state index contributed by atoms with van der Waals surface area (Å²) in [5, 5.41) is 11.7. The maximum absolute atomic E-state index is 8.65. The molecule has 1 atom stereocenters. The zero-order chi connectivity index (χ0) is 8.81. The van der Waals surface area contributed by atoms with Crippen molar-refractivity contribution in [2.24, 2.45) is 5.92 Å². The summed E-state index contributed by atoms with van der Waals surface area (Å²) in [6.07, 6.45) is 2.61. The minimum atomic E-state index is -0.131. The van der Waals surface area contributed by atoms with Gasteiger partial charge in [-0.25, -0.2) is 0 Å². The first-order valence-corrected chi connectivity index (χ1v) is 4.57. The normalized spacial score (nSPS) is 18.7. The van der Waals surface area contributed by atoms with E-state index in [1.54, 1.807) is 0 Å². The fraction of sp³-hybridized carbons (Fsp3) is 0.889. The molecule has 12 heavy (non-hydrogen) atoms. The Labute approximate surface area is 73.7 Å². The minimum absolute atomic E-state index is 0.131. The molecular formula is C9H16N2O. The van der Waals surface area contributed by atoms with E-state index in [4.69, 9.17) is 10.00 Å². The predicted molar refractivity (Wildman–Crippen MR) is 46.6 cm³/mol. The molecule has 0 aromatic heterocycles. The fourth-order valence-corrected chi connectivity index (χ4v) is 1.03. The highest BCUT2D eigenvalue weighted by Crippen LogP contribution is 2.28. The lowest BCUT2D eigenvalue weighted by Crippen LogP contribution is -2.32. The molecule has 1 rings (SSSR count). The second kappa shape index (κ2) is 5.13. The molecule has 0 bridgehead atoms. The van der Waals surface area contributed by atoms with Crippen molar-refractivity contribution in [3.63, 3.8) is 0 Å². The van der Waals surface area contributed by atoms with Crippen LogP contribution in [-0.4, -0.2) is 25.8 Å². The summed E-state index contributed by atoms with van der Waals surface area (Å²) in [4.78, 5) is 0. The van der Waals surface area contributed by atoms with E-state index in [0.717, 1.165) is 19.1 Å². The van der Waals surface area contributed by atoms with Crippen molar-refractivity contribution in [2.75, 3.05) is 19.8 Å². The SMILES string of the molecule is CCNC(C#N)COCC1CC1. The molecule has 0 aromatic carbocycles. The summed E-state index contributed by atoms with van der Waals surface area (Å²) in [7, 11) is 0. The van der Waals surface area contributed by atoms with E-state index in [1.807, 2.05) is 6.92 Å². The van der Waals surface area contributed by atoms with Crippen molar-refractivity contribution < 1.29 is 4.74 Å². The van der Waals surface area contributed by atoms with Gasteiger partial charge in [-0.2, -0.15) is 5.26 Å². The Hall–Kier alpha value is -0.590. The lowest BCUT2D eigenvalue weighted by atomic mass is 10.3. The molecule has 0 saturated heterocycles. The van der Waals surface area contributed by atoms with Crippen LogP contribution in [0, 0.1) is 17.2 Å².